The Balaban J connectivity index is 1.67. The van der Waals surface area contributed by atoms with Gasteiger partial charge >= 0.3 is 0 Å². The molecule has 1 atom stereocenters. The third-order valence-electron chi connectivity index (χ3n) is 3.80. The Hall–Kier alpha value is -2.36. The second kappa shape index (κ2) is 5.95. The molecule has 21 heavy (non-hydrogen) atoms. The van der Waals surface area contributed by atoms with Crippen molar-refractivity contribution in [3.8, 4) is 5.88 Å². The fourth-order valence-electron chi connectivity index (χ4n) is 2.76. The molecule has 1 aliphatic heterocycles. The van der Waals surface area contributed by atoms with Crippen molar-refractivity contribution in [3.05, 3.63) is 54.2 Å². The topological polar surface area (TPSA) is 42.4 Å². The Morgan fingerprint density at radius 3 is 2.71 bits per heavy atom. The number of nitrogens with zero attached hydrogens (tertiary/aromatic N) is 2. The summed E-state index contributed by atoms with van der Waals surface area (Å²) in [4.78, 5) is 18.3. The van der Waals surface area contributed by atoms with E-state index in [2.05, 4.69) is 4.98 Å². The van der Waals surface area contributed by atoms with Crippen LogP contribution in [0.5, 0.6) is 5.88 Å². The second-order valence-electron chi connectivity index (χ2n) is 5.32. The van der Waals surface area contributed by atoms with Crippen molar-refractivity contribution in [3.63, 3.8) is 0 Å². The summed E-state index contributed by atoms with van der Waals surface area (Å²) >= 11 is 0. The summed E-state index contributed by atoms with van der Waals surface area (Å²) < 4.78 is 5.06. The molecular weight excluding hydrogens is 264 g/mol. The zero-order valence-electron chi connectivity index (χ0n) is 12.0. The van der Waals surface area contributed by atoms with E-state index in [-0.39, 0.29) is 5.91 Å². The Morgan fingerprint density at radius 1 is 1.24 bits per heavy atom. The predicted molar refractivity (Wildman–Crippen MR) is 81.4 cm³/mol. The van der Waals surface area contributed by atoms with Gasteiger partial charge in [-0.25, -0.2) is 4.98 Å². The fourth-order valence-corrected chi connectivity index (χ4v) is 2.76. The number of para-hydroxylation sites is 1. The first-order valence-corrected chi connectivity index (χ1v) is 7.10. The Bertz CT molecular complexity index is 610. The molecule has 2 heterocycles. The molecule has 1 fully saturated rings. The minimum absolute atomic E-state index is 0.202. The van der Waals surface area contributed by atoms with E-state index in [1.807, 2.05) is 53.6 Å². The molecule has 4 heteroatoms. The number of ether oxygens (including phenoxy) is 1. The summed E-state index contributed by atoms with van der Waals surface area (Å²) in [7, 11) is 1.61. The maximum atomic E-state index is 12.2. The molecule has 1 aromatic heterocycles. The lowest BCUT2D eigenvalue weighted by Crippen LogP contribution is -2.24. The number of benzene rings is 1. The van der Waals surface area contributed by atoms with Gasteiger partial charge in [0.1, 0.15) is 0 Å². The molecule has 0 saturated carbocycles. The first-order chi connectivity index (χ1) is 10.3. The maximum absolute atomic E-state index is 12.2. The van der Waals surface area contributed by atoms with Gasteiger partial charge < -0.3 is 9.64 Å². The number of carbonyl (C=O) groups excluding carboxylic acids is 1. The number of pyridine rings is 1. The van der Waals surface area contributed by atoms with Crippen LogP contribution in [0.3, 0.4) is 0 Å². The van der Waals surface area contributed by atoms with Crippen molar-refractivity contribution in [2.75, 3.05) is 18.6 Å². The van der Waals surface area contributed by atoms with E-state index < -0.39 is 0 Å². The second-order valence-corrected chi connectivity index (χ2v) is 5.32. The van der Waals surface area contributed by atoms with Crippen LogP contribution >= 0.6 is 0 Å². The quantitative estimate of drug-likeness (QED) is 0.866. The molecule has 0 spiro atoms. The van der Waals surface area contributed by atoms with Gasteiger partial charge in [-0.1, -0.05) is 24.3 Å². The van der Waals surface area contributed by atoms with Crippen molar-refractivity contribution in [1.82, 2.24) is 4.98 Å². The lowest BCUT2D eigenvalue weighted by atomic mass is 10.00. The van der Waals surface area contributed by atoms with Crippen molar-refractivity contribution in [2.24, 2.45) is 5.92 Å². The Labute approximate surface area is 124 Å². The number of hydrogen-bond donors (Lipinski definition) is 0. The van der Waals surface area contributed by atoms with Crippen LogP contribution in [0.4, 0.5) is 5.69 Å². The van der Waals surface area contributed by atoms with E-state index in [4.69, 9.17) is 4.74 Å². The zero-order valence-corrected chi connectivity index (χ0v) is 12.0. The minimum Gasteiger partial charge on any atom is -0.481 e. The van der Waals surface area contributed by atoms with Crippen LogP contribution in [-0.4, -0.2) is 24.5 Å². The molecule has 108 valence electrons. The number of hydrogen-bond acceptors (Lipinski definition) is 3. The van der Waals surface area contributed by atoms with Crippen LogP contribution in [0.2, 0.25) is 0 Å². The third kappa shape index (κ3) is 3.05. The van der Waals surface area contributed by atoms with E-state index in [0.717, 1.165) is 24.2 Å². The van der Waals surface area contributed by atoms with Gasteiger partial charge in [0.15, 0.2) is 0 Å². The predicted octanol–water partition coefficient (Wildman–Crippen LogP) is 2.69. The third-order valence-corrected chi connectivity index (χ3v) is 3.80. The fraction of sp³-hybridized carbons (Fsp3) is 0.294. The van der Waals surface area contributed by atoms with Crippen molar-refractivity contribution in [1.29, 1.82) is 0 Å². The van der Waals surface area contributed by atoms with E-state index in [1.54, 1.807) is 7.11 Å². The number of aromatic nitrogens is 1. The summed E-state index contributed by atoms with van der Waals surface area (Å²) in [6, 6.07) is 13.7. The normalized spacial score (nSPS) is 18.0. The standard InChI is InChI=1S/C17H18N2O2/c1-21-16-8-7-13(11-18-16)9-14-10-17(20)19(12-14)15-5-3-2-4-6-15/h2-8,11,14H,9-10,12H2,1H3. The maximum Gasteiger partial charge on any atom is 0.227 e. The van der Waals surface area contributed by atoms with Gasteiger partial charge in [-0.05, 0) is 30.0 Å². The summed E-state index contributed by atoms with van der Waals surface area (Å²) in [5.74, 6) is 1.16. The van der Waals surface area contributed by atoms with Crippen LogP contribution in [0, 0.1) is 5.92 Å². The van der Waals surface area contributed by atoms with Crippen LogP contribution < -0.4 is 9.64 Å². The van der Waals surface area contributed by atoms with Crippen LogP contribution in [0.25, 0.3) is 0 Å². The molecular formula is C17H18N2O2. The van der Waals surface area contributed by atoms with Gasteiger partial charge in [0.05, 0.1) is 7.11 Å². The first kappa shape index (κ1) is 13.6. The van der Waals surface area contributed by atoms with Gasteiger partial charge in [0.2, 0.25) is 11.8 Å². The van der Waals surface area contributed by atoms with Gasteiger partial charge in [-0.3, -0.25) is 4.79 Å². The number of amides is 1. The highest BCUT2D eigenvalue weighted by Crippen LogP contribution is 2.27. The SMILES string of the molecule is COc1ccc(CC2CC(=O)N(c3ccccc3)C2)cn1. The van der Waals surface area contributed by atoms with E-state index >= 15 is 0 Å². The lowest BCUT2D eigenvalue weighted by molar-refractivity contribution is -0.117. The van der Waals surface area contributed by atoms with Crippen LogP contribution in [0.15, 0.2) is 48.7 Å². The highest BCUT2D eigenvalue weighted by molar-refractivity contribution is 5.95. The molecule has 1 saturated heterocycles. The van der Waals surface area contributed by atoms with Gasteiger partial charge in [0, 0.05) is 30.9 Å². The van der Waals surface area contributed by atoms with Gasteiger partial charge in [-0.15, -0.1) is 0 Å². The summed E-state index contributed by atoms with van der Waals surface area (Å²) in [5.41, 5.74) is 2.13. The molecule has 0 radical (unpaired) electrons. The molecule has 0 bridgehead atoms. The largest absolute Gasteiger partial charge is 0.481 e. The average Bonchev–Trinajstić information content (AvgIpc) is 2.89. The van der Waals surface area contributed by atoms with Gasteiger partial charge in [0.25, 0.3) is 0 Å². The summed E-state index contributed by atoms with van der Waals surface area (Å²) in [5, 5.41) is 0. The summed E-state index contributed by atoms with van der Waals surface area (Å²) in [6.07, 6.45) is 3.29. The summed E-state index contributed by atoms with van der Waals surface area (Å²) in [6.45, 7) is 0.773. The Kier molecular flexibility index (Phi) is 3.86. The Morgan fingerprint density at radius 2 is 2.05 bits per heavy atom. The molecule has 0 aliphatic carbocycles. The van der Waals surface area contributed by atoms with Crippen LogP contribution in [-0.2, 0) is 11.2 Å². The van der Waals surface area contributed by atoms with Gasteiger partial charge in [-0.2, -0.15) is 0 Å². The van der Waals surface area contributed by atoms with E-state index in [1.165, 1.54) is 0 Å². The van der Waals surface area contributed by atoms with E-state index in [9.17, 15) is 4.79 Å². The molecule has 3 rings (SSSR count). The molecule has 2 aromatic rings. The first-order valence-electron chi connectivity index (χ1n) is 7.10. The highest BCUT2D eigenvalue weighted by Gasteiger charge is 2.30. The number of rotatable bonds is 4. The smallest absolute Gasteiger partial charge is 0.227 e. The lowest BCUT2D eigenvalue weighted by Gasteiger charge is -2.16. The molecule has 1 unspecified atom stereocenters. The van der Waals surface area contributed by atoms with Crippen LogP contribution in [0.1, 0.15) is 12.0 Å². The minimum atomic E-state index is 0.202. The number of carbonyl (C=O) groups is 1. The number of anilines is 1. The monoisotopic (exact) mass is 282 g/mol. The van der Waals surface area contributed by atoms with Crippen molar-refractivity contribution < 1.29 is 9.53 Å². The number of methoxy groups -OCH3 is 1. The van der Waals surface area contributed by atoms with Crippen molar-refractivity contribution in [2.45, 2.75) is 12.8 Å². The molecule has 1 aliphatic rings. The molecule has 1 aromatic carbocycles. The molecule has 4 nitrogen and oxygen atoms in total. The highest BCUT2D eigenvalue weighted by atomic mass is 16.5. The van der Waals surface area contributed by atoms with Crippen molar-refractivity contribution >= 4 is 11.6 Å². The zero-order chi connectivity index (χ0) is 14.7. The average molecular weight is 282 g/mol. The molecule has 1 amide bonds. The molecule has 0 N–H and O–H groups in total. The van der Waals surface area contributed by atoms with E-state index in [0.29, 0.717) is 18.2 Å².